The molecule has 0 aromatic heterocycles. The lowest BCUT2D eigenvalue weighted by molar-refractivity contribution is 0.308. The van der Waals surface area contributed by atoms with Crippen LogP contribution < -0.4 is 4.74 Å². The second-order valence-corrected chi connectivity index (χ2v) is 7.36. The van der Waals surface area contributed by atoms with Gasteiger partial charge in [0, 0.05) is 5.75 Å². The Kier molecular flexibility index (Phi) is 7.11. The van der Waals surface area contributed by atoms with Gasteiger partial charge in [-0.1, -0.05) is 46.8 Å². The molecule has 0 aliphatic rings. The van der Waals surface area contributed by atoms with E-state index in [1.54, 1.807) is 0 Å². The number of thiocyanates is 1. The van der Waals surface area contributed by atoms with Crippen LogP contribution in [0.3, 0.4) is 0 Å². The molecule has 1 aromatic carbocycles. The summed E-state index contributed by atoms with van der Waals surface area (Å²) >= 11 is 1.34. The van der Waals surface area contributed by atoms with Crippen LogP contribution in [0, 0.1) is 10.7 Å². The molecule has 0 fully saturated rings. The van der Waals surface area contributed by atoms with E-state index in [4.69, 9.17) is 10.00 Å². The van der Waals surface area contributed by atoms with Crippen molar-refractivity contribution in [2.24, 2.45) is 0 Å². The van der Waals surface area contributed by atoms with Crippen LogP contribution in [0.1, 0.15) is 64.5 Å². The zero-order valence-electron chi connectivity index (χ0n) is 13.9. The predicted octanol–water partition coefficient (Wildman–Crippen LogP) is 5.48. The second-order valence-electron chi connectivity index (χ2n) is 6.48. The van der Waals surface area contributed by atoms with E-state index in [1.165, 1.54) is 22.9 Å². The Labute approximate surface area is 133 Å². The van der Waals surface area contributed by atoms with Gasteiger partial charge in [0.15, 0.2) is 0 Å². The average Bonchev–Trinajstić information content (AvgIpc) is 2.44. The van der Waals surface area contributed by atoms with E-state index in [1.807, 2.05) is 0 Å². The molecule has 1 atom stereocenters. The first-order chi connectivity index (χ1) is 9.90. The third-order valence-electron chi connectivity index (χ3n) is 3.56. The molecule has 1 unspecified atom stereocenters. The van der Waals surface area contributed by atoms with E-state index in [9.17, 15) is 0 Å². The summed E-state index contributed by atoms with van der Waals surface area (Å²) in [5.41, 5.74) is 2.68. The quantitative estimate of drug-likeness (QED) is 0.494. The highest BCUT2D eigenvalue weighted by Gasteiger charge is 2.20. The summed E-state index contributed by atoms with van der Waals surface area (Å²) in [5, 5.41) is 10.8. The van der Waals surface area contributed by atoms with Gasteiger partial charge >= 0.3 is 0 Å². The monoisotopic (exact) mass is 305 g/mol. The number of nitriles is 1. The molecule has 0 radical (unpaired) electrons. The number of hydrogen-bond donors (Lipinski definition) is 0. The largest absolute Gasteiger partial charge is 0.493 e. The number of benzene rings is 1. The molecule has 0 saturated carbocycles. The molecule has 0 bridgehead atoms. The van der Waals surface area contributed by atoms with Gasteiger partial charge in [-0.15, -0.1) is 0 Å². The van der Waals surface area contributed by atoms with Gasteiger partial charge in [-0.05, 0) is 53.1 Å². The van der Waals surface area contributed by atoms with Crippen molar-refractivity contribution in [3.63, 3.8) is 0 Å². The van der Waals surface area contributed by atoms with Crippen molar-refractivity contribution in [2.45, 2.75) is 58.8 Å². The average molecular weight is 305 g/mol. The molecule has 0 N–H and O–H groups in total. The van der Waals surface area contributed by atoms with Crippen LogP contribution in [0.25, 0.3) is 0 Å². The Morgan fingerprint density at radius 3 is 2.62 bits per heavy atom. The standard InChI is InChI=1S/C18H27NOS/c1-6-10-20-17-8-7-15(12-16(17)18(3,4)5)14(2)9-11-21-13-19/h7-8,12,14H,6,9-11H2,1-5H3. The van der Waals surface area contributed by atoms with E-state index in [2.05, 4.69) is 58.2 Å². The highest BCUT2D eigenvalue weighted by Crippen LogP contribution is 2.35. The lowest BCUT2D eigenvalue weighted by Crippen LogP contribution is -2.14. The molecule has 116 valence electrons. The SMILES string of the molecule is CCCOc1ccc(C(C)CCSC#N)cc1C(C)(C)C. The maximum Gasteiger partial charge on any atom is 0.133 e. The normalized spacial score (nSPS) is 12.8. The molecule has 3 heteroatoms. The summed E-state index contributed by atoms with van der Waals surface area (Å²) < 4.78 is 5.90. The lowest BCUT2D eigenvalue weighted by atomic mass is 9.83. The zero-order valence-corrected chi connectivity index (χ0v) is 14.7. The first kappa shape index (κ1) is 17.9. The molecule has 0 heterocycles. The van der Waals surface area contributed by atoms with Crippen molar-refractivity contribution in [2.75, 3.05) is 12.4 Å². The molecule has 0 saturated heterocycles. The third kappa shape index (κ3) is 5.63. The van der Waals surface area contributed by atoms with Gasteiger partial charge in [-0.2, -0.15) is 5.26 Å². The molecular formula is C18H27NOS. The van der Waals surface area contributed by atoms with Crippen LogP contribution >= 0.6 is 11.8 Å². The molecule has 0 amide bonds. The van der Waals surface area contributed by atoms with Crippen LogP contribution in [0.4, 0.5) is 0 Å². The maximum atomic E-state index is 8.62. The van der Waals surface area contributed by atoms with E-state index in [0.29, 0.717) is 5.92 Å². The fraction of sp³-hybridized carbons (Fsp3) is 0.611. The van der Waals surface area contributed by atoms with Gasteiger partial charge in [-0.25, -0.2) is 0 Å². The highest BCUT2D eigenvalue weighted by molar-refractivity contribution is 8.03. The van der Waals surface area contributed by atoms with Crippen molar-refractivity contribution in [3.05, 3.63) is 29.3 Å². The minimum absolute atomic E-state index is 0.0697. The fourth-order valence-corrected chi connectivity index (χ4v) is 2.79. The first-order valence-electron chi connectivity index (χ1n) is 7.68. The van der Waals surface area contributed by atoms with Crippen LogP contribution in [-0.4, -0.2) is 12.4 Å². The van der Waals surface area contributed by atoms with Crippen molar-refractivity contribution in [3.8, 4) is 11.2 Å². The van der Waals surface area contributed by atoms with Gasteiger partial charge in [-0.3, -0.25) is 0 Å². The summed E-state index contributed by atoms with van der Waals surface area (Å²) in [6, 6.07) is 6.56. The lowest BCUT2D eigenvalue weighted by Gasteiger charge is -2.25. The number of ether oxygens (including phenoxy) is 1. The predicted molar refractivity (Wildman–Crippen MR) is 92.0 cm³/mol. The number of thioether (sulfide) groups is 1. The Bertz CT molecular complexity index is 485. The summed E-state index contributed by atoms with van der Waals surface area (Å²) in [7, 11) is 0. The van der Waals surface area contributed by atoms with Crippen molar-refractivity contribution in [1.82, 2.24) is 0 Å². The molecular weight excluding hydrogens is 278 g/mol. The zero-order chi connectivity index (χ0) is 15.9. The molecule has 21 heavy (non-hydrogen) atoms. The minimum atomic E-state index is 0.0697. The first-order valence-corrected chi connectivity index (χ1v) is 8.66. The molecule has 0 spiro atoms. The van der Waals surface area contributed by atoms with Gasteiger partial charge < -0.3 is 4.74 Å². The van der Waals surface area contributed by atoms with Gasteiger partial charge in [0.05, 0.1) is 6.61 Å². The maximum absolute atomic E-state index is 8.62. The van der Waals surface area contributed by atoms with Gasteiger partial charge in [0.1, 0.15) is 11.2 Å². The van der Waals surface area contributed by atoms with E-state index in [0.717, 1.165) is 31.0 Å². The van der Waals surface area contributed by atoms with Crippen molar-refractivity contribution >= 4 is 11.8 Å². The van der Waals surface area contributed by atoms with Crippen LogP contribution in [0.5, 0.6) is 5.75 Å². The summed E-state index contributed by atoms with van der Waals surface area (Å²) in [4.78, 5) is 0. The van der Waals surface area contributed by atoms with Gasteiger partial charge in [0.2, 0.25) is 0 Å². The molecule has 1 rings (SSSR count). The number of rotatable bonds is 7. The number of hydrogen-bond acceptors (Lipinski definition) is 3. The van der Waals surface area contributed by atoms with E-state index >= 15 is 0 Å². The minimum Gasteiger partial charge on any atom is -0.493 e. The van der Waals surface area contributed by atoms with Crippen LogP contribution in [-0.2, 0) is 5.41 Å². The Balaban J connectivity index is 2.96. The van der Waals surface area contributed by atoms with Crippen LogP contribution in [0.2, 0.25) is 0 Å². The van der Waals surface area contributed by atoms with Gasteiger partial charge in [0.25, 0.3) is 0 Å². The fourth-order valence-electron chi connectivity index (χ4n) is 2.23. The van der Waals surface area contributed by atoms with E-state index in [-0.39, 0.29) is 5.41 Å². The molecule has 1 aromatic rings. The van der Waals surface area contributed by atoms with Crippen LogP contribution in [0.15, 0.2) is 18.2 Å². The topological polar surface area (TPSA) is 33.0 Å². The highest BCUT2D eigenvalue weighted by atomic mass is 32.2. The second kappa shape index (κ2) is 8.34. The molecule has 0 aliphatic carbocycles. The Morgan fingerprint density at radius 1 is 1.33 bits per heavy atom. The van der Waals surface area contributed by atoms with Crippen molar-refractivity contribution in [1.29, 1.82) is 5.26 Å². The summed E-state index contributed by atoms with van der Waals surface area (Å²) in [5.74, 6) is 2.36. The smallest absolute Gasteiger partial charge is 0.133 e. The molecule has 0 aliphatic heterocycles. The Hall–Kier alpha value is -1.14. The third-order valence-corrected chi connectivity index (χ3v) is 4.13. The summed E-state index contributed by atoms with van der Waals surface area (Å²) in [6.45, 7) is 11.8. The van der Waals surface area contributed by atoms with Crippen molar-refractivity contribution < 1.29 is 4.74 Å². The molecule has 2 nitrogen and oxygen atoms in total. The number of nitrogens with zero attached hydrogens (tertiary/aromatic N) is 1. The summed E-state index contributed by atoms with van der Waals surface area (Å²) in [6.07, 6.45) is 2.05. The van der Waals surface area contributed by atoms with E-state index < -0.39 is 0 Å². The Morgan fingerprint density at radius 2 is 2.05 bits per heavy atom.